The van der Waals surface area contributed by atoms with Crippen molar-refractivity contribution in [3.63, 3.8) is 0 Å². The van der Waals surface area contributed by atoms with Gasteiger partial charge in [-0.3, -0.25) is 9.59 Å². The molecule has 0 radical (unpaired) electrons. The van der Waals surface area contributed by atoms with Crippen LogP contribution in [0.4, 0.5) is 6.01 Å². The number of rotatable bonds is 4. The molecule has 3 aliphatic heterocycles. The number of fused-ring (bicyclic) bond motifs is 2. The first-order chi connectivity index (χ1) is 19.4. The molecule has 0 saturated carbocycles. The van der Waals surface area contributed by atoms with Gasteiger partial charge >= 0.3 is 0 Å². The highest BCUT2D eigenvalue weighted by atomic mass is 16.4. The average molecular weight is 540 g/mol. The van der Waals surface area contributed by atoms with Crippen LogP contribution in [0.3, 0.4) is 0 Å². The highest BCUT2D eigenvalue weighted by Gasteiger charge is 2.35. The maximum absolute atomic E-state index is 13.2. The number of oxazole rings is 2. The third-order valence-electron chi connectivity index (χ3n) is 7.88. The first kappa shape index (κ1) is 24.5. The van der Waals surface area contributed by atoms with Gasteiger partial charge < -0.3 is 13.7 Å². The number of amides is 2. The fourth-order valence-electron chi connectivity index (χ4n) is 5.71. The van der Waals surface area contributed by atoms with E-state index < -0.39 is 5.92 Å². The molecular formula is C29H29N7O4. The Kier molecular flexibility index (Phi) is 5.87. The quantitative estimate of drug-likeness (QED) is 0.412. The van der Waals surface area contributed by atoms with Crippen LogP contribution in [0.1, 0.15) is 62.0 Å². The lowest BCUT2D eigenvalue weighted by molar-refractivity contribution is -0.132. The summed E-state index contributed by atoms with van der Waals surface area (Å²) in [6, 6.07) is 12.1. The standard InChI is InChI=1S/C29H29N7O4/c1-16-12-25(37)32-33-26(16)18-7-9-20-23(14-18)39-27(30-20)19-15-22(34-35(2)28(19)38)17-6-8-21-24(13-17)40-29(31-21)36-10-4-3-5-11-36/h6-9,13-14,16,19H,3-5,10-12,15H2,1-2H3,(H,32,37). The van der Waals surface area contributed by atoms with Gasteiger partial charge in [0.2, 0.25) is 11.8 Å². The predicted molar refractivity (Wildman–Crippen MR) is 149 cm³/mol. The predicted octanol–water partition coefficient (Wildman–Crippen LogP) is 4.17. The molecule has 1 saturated heterocycles. The molecule has 0 bridgehead atoms. The van der Waals surface area contributed by atoms with Crippen LogP contribution in [0.2, 0.25) is 0 Å². The fourth-order valence-corrected chi connectivity index (χ4v) is 5.71. The molecule has 11 heteroatoms. The zero-order valence-corrected chi connectivity index (χ0v) is 22.4. The number of nitrogens with zero attached hydrogens (tertiary/aromatic N) is 6. The van der Waals surface area contributed by atoms with Gasteiger partial charge in [0.05, 0.1) is 11.4 Å². The summed E-state index contributed by atoms with van der Waals surface area (Å²) < 4.78 is 12.3. The summed E-state index contributed by atoms with van der Waals surface area (Å²) in [7, 11) is 1.65. The number of benzene rings is 2. The molecule has 2 amide bonds. The molecule has 0 aliphatic carbocycles. The first-order valence-electron chi connectivity index (χ1n) is 13.7. The lowest BCUT2D eigenvalue weighted by atomic mass is 9.94. The van der Waals surface area contributed by atoms with Gasteiger partial charge in [0.25, 0.3) is 11.9 Å². The van der Waals surface area contributed by atoms with Crippen molar-refractivity contribution in [2.45, 2.75) is 44.9 Å². The van der Waals surface area contributed by atoms with Crippen LogP contribution in [0.25, 0.3) is 22.2 Å². The van der Waals surface area contributed by atoms with Gasteiger partial charge in [-0.25, -0.2) is 15.4 Å². The maximum Gasteiger partial charge on any atom is 0.298 e. The van der Waals surface area contributed by atoms with Gasteiger partial charge in [-0.2, -0.15) is 15.2 Å². The van der Waals surface area contributed by atoms with E-state index in [1.54, 1.807) is 7.05 Å². The number of hydrogen-bond acceptors (Lipinski definition) is 9. The minimum absolute atomic E-state index is 0.0152. The van der Waals surface area contributed by atoms with Crippen molar-refractivity contribution in [2.24, 2.45) is 16.1 Å². The zero-order valence-electron chi connectivity index (χ0n) is 22.4. The van der Waals surface area contributed by atoms with Gasteiger partial charge in [-0.05, 0) is 43.5 Å². The molecule has 11 nitrogen and oxygen atoms in total. The molecule has 5 heterocycles. The van der Waals surface area contributed by atoms with Crippen molar-refractivity contribution in [1.29, 1.82) is 0 Å². The van der Waals surface area contributed by atoms with Gasteiger partial charge in [0, 0.05) is 50.0 Å². The molecule has 40 heavy (non-hydrogen) atoms. The highest BCUT2D eigenvalue weighted by Crippen LogP contribution is 2.33. The van der Waals surface area contributed by atoms with Gasteiger partial charge in [-0.1, -0.05) is 19.1 Å². The van der Waals surface area contributed by atoms with Gasteiger partial charge in [-0.15, -0.1) is 0 Å². The van der Waals surface area contributed by atoms with Crippen LogP contribution < -0.4 is 10.3 Å². The number of anilines is 1. The van der Waals surface area contributed by atoms with Crippen molar-refractivity contribution < 1.29 is 18.4 Å². The number of piperidine rings is 1. The molecule has 2 aromatic carbocycles. The Bertz CT molecular complexity index is 1710. The Balaban J connectivity index is 1.17. The molecule has 2 atom stereocenters. The normalized spacial score (nSPS) is 22.1. The van der Waals surface area contributed by atoms with E-state index in [1.807, 2.05) is 43.3 Å². The Morgan fingerprint density at radius 2 is 1.62 bits per heavy atom. The smallest absolute Gasteiger partial charge is 0.298 e. The molecule has 2 unspecified atom stereocenters. The summed E-state index contributed by atoms with van der Waals surface area (Å²) in [4.78, 5) is 36.4. The first-order valence-corrected chi connectivity index (χ1v) is 13.7. The number of carbonyl (C=O) groups is 2. The Morgan fingerprint density at radius 3 is 2.42 bits per heavy atom. The minimum Gasteiger partial charge on any atom is -0.440 e. The van der Waals surface area contributed by atoms with Crippen LogP contribution in [0.5, 0.6) is 0 Å². The minimum atomic E-state index is -0.618. The van der Waals surface area contributed by atoms with Crippen molar-refractivity contribution in [2.75, 3.05) is 25.0 Å². The number of hydrogen-bond donors (Lipinski definition) is 1. The molecule has 2 aromatic heterocycles. The van der Waals surface area contributed by atoms with Crippen LogP contribution in [0, 0.1) is 5.92 Å². The second kappa shape index (κ2) is 9.58. The van der Waals surface area contributed by atoms with Crippen LogP contribution in [0.15, 0.2) is 55.4 Å². The van der Waals surface area contributed by atoms with Crippen molar-refractivity contribution in [3.8, 4) is 0 Å². The third kappa shape index (κ3) is 4.31. The Morgan fingerprint density at radius 1 is 0.900 bits per heavy atom. The molecule has 1 N–H and O–H groups in total. The second-order valence-corrected chi connectivity index (χ2v) is 10.8. The summed E-state index contributed by atoms with van der Waals surface area (Å²) >= 11 is 0. The summed E-state index contributed by atoms with van der Waals surface area (Å²) in [5, 5.41) is 10.2. The van der Waals surface area contributed by atoms with Crippen molar-refractivity contribution >= 4 is 51.5 Å². The second-order valence-electron chi connectivity index (χ2n) is 10.8. The monoisotopic (exact) mass is 539 g/mol. The Labute approximate surface area is 229 Å². The van der Waals surface area contributed by atoms with E-state index >= 15 is 0 Å². The summed E-state index contributed by atoms with van der Waals surface area (Å²) in [6.07, 6.45) is 4.25. The van der Waals surface area contributed by atoms with Crippen LogP contribution in [-0.2, 0) is 9.59 Å². The van der Waals surface area contributed by atoms with E-state index in [2.05, 4.69) is 30.5 Å². The van der Waals surface area contributed by atoms with Gasteiger partial charge in [0.1, 0.15) is 17.0 Å². The number of nitrogens with one attached hydrogen (secondary N) is 1. The molecule has 3 aliphatic rings. The largest absolute Gasteiger partial charge is 0.440 e. The topological polar surface area (TPSA) is 129 Å². The summed E-state index contributed by atoms with van der Waals surface area (Å²) in [5.74, 6) is -0.568. The third-order valence-corrected chi connectivity index (χ3v) is 7.88. The van der Waals surface area contributed by atoms with Crippen LogP contribution >= 0.6 is 0 Å². The van der Waals surface area contributed by atoms with Crippen LogP contribution in [-0.4, -0.2) is 58.4 Å². The summed E-state index contributed by atoms with van der Waals surface area (Å²) in [5.41, 5.74) is 8.51. The van der Waals surface area contributed by atoms with E-state index in [1.165, 1.54) is 11.4 Å². The SMILES string of the molecule is CC1CC(=O)NN=C1c1ccc2nc(C3CC(c4ccc5nc(N6CCCCC6)oc5c4)=NN(C)C3=O)oc2c1. The van der Waals surface area contributed by atoms with E-state index in [-0.39, 0.29) is 17.7 Å². The Hall–Kier alpha value is -4.54. The molecule has 204 valence electrons. The molecule has 4 aromatic rings. The summed E-state index contributed by atoms with van der Waals surface area (Å²) in [6.45, 7) is 3.88. The zero-order chi connectivity index (χ0) is 27.4. The highest BCUT2D eigenvalue weighted by molar-refractivity contribution is 6.08. The van der Waals surface area contributed by atoms with Crippen molar-refractivity contribution in [3.05, 3.63) is 53.4 Å². The van der Waals surface area contributed by atoms with E-state index in [0.29, 0.717) is 41.4 Å². The number of likely N-dealkylation sites (N-methyl/N-ethyl adjacent to an activating group) is 1. The molecule has 7 rings (SSSR count). The molecular weight excluding hydrogens is 510 g/mol. The number of carbonyl (C=O) groups excluding carboxylic acids is 2. The lowest BCUT2D eigenvalue weighted by Crippen LogP contribution is -2.35. The maximum atomic E-state index is 13.2. The number of aromatic nitrogens is 2. The van der Waals surface area contributed by atoms with Gasteiger partial charge in [0.15, 0.2) is 11.2 Å². The van der Waals surface area contributed by atoms with E-state index in [9.17, 15) is 9.59 Å². The average Bonchev–Trinajstić information content (AvgIpc) is 3.58. The fraction of sp³-hybridized carbons (Fsp3) is 0.379. The molecule has 1 fully saturated rings. The lowest BCUT2D eigenvalue weighted by Gasteiger charge is -2.25. The number of hydrazone groups is 2. The van der Waals surface area contributed by atoms with E-state index in [0.717, 1.165) is 54.0 Å². The van der Waals surface area contributed by atoms with Crippen molar-refractivity contribution in [1.82, 2.24) is 20.4 Å². The van der Waals surface area contributed by atoms with E-state index in [4.69, 9.17) is 8.83 Å². The molecule has 0 spiro atoms.